The molecule has 0 aromatic carbocycles. The Hall–Kier alpha value is -1.85. The van der Waals surface area contributed by atoms with Gasteiger partial charge in [0, 0.05) is 26.0 Å². The van der Waals surface area contributed by atoms with E-state index in [1.807, 2.05) is 13.8 Å². The molecule has 1 N–H and O–H groups in total. The van der Waals surface area contributed by atoms with Gasteiger partial charge in [-0.25, -0.2) is 9.78 Å². The molecule has 2 amide bonds. The van der Waals surface area contributed by atoms with Crippen LogP contribution in [0.1, 0.15) is 13.8 Å². The highest BCUT2D eigenvalue weighted by molar-refractivity contribution is 5.84. The van der Waals surface area contributed by atoms with Crippen molar-refractivity contribution in [3.63, 3.8) is 0 Å². The first kappa shape index (κ1) is 13.2. The van der Waals surface area contributed by atoms with Crippen molar-refractivity contribution in [1.82, 2.24) is 19.8 Å². The highest BCUT2D eigenvalue weighted by Crippen LogP contribution is 1.93. The van der Waals surface area contributed by atoms with E-state index in [9.17, 15) is 9.59 Å². The van der Waals surface area contributed by atoms with Crippen LogP contribution in [-0.4, -0.2) is 46.5 Å². The van der Waals surface area contributed by atoms with E-state index in [-0.39, 0.29) is 18.5 Å². The molecule has 0 unspecified atom stereocenters. The summed E-state index contributed by atoms with van der Waals surface area (Å²) >= 11 is 0. The fraction of sp³-hybridized carbons (Fsp3) is 0.545. The summed E-state index contributed by atoms with van der Waals surface area (Å²) in [4.78, 5) is 28.4. The zero-order chi connectivity index (χ0) is 12.8. The van der Waals surface area contributed by atoms with Crippen LogP contribution in [0, 0.1) is 5.92 Å². The summed E-state index contributed by atoms with van der Waals surface area (Å²) in [6.07, 6.45) is 4.47. The van der Waals surface area contributed by atoms with Gasteiger partial charge < -0.3 is 10.2 Å². The van der Waals surface area contributed by atoms with Crippen LogP contribution in [0.25, 0.3) is 0 Å². The molecule has 0 atom stereocenters. The second kappa shape index (κ2) is 6.03. The van der Waals surface area contributed by atoms with Gasteiger partial charge >= 0.3 is 6.03 Å². The fourth-order valence-electron chi connectivity index (χ4n) is 1.23. The second-order valence-electron chi connectivity index (χ2n) is 4.31. The zero-order valence-electron chi connectivity index (χ0n) is 10.4. The summed E-state index contributed by atoms with van der Waals surface area (Å²) in [5, 5.41) is 2.76. The topological polar surface area (TPSA) is 67.2 Å². The van der Waals surface area contributed by atoms with Gasteiger partial charge in [0.05, 0.1) is 0 Å². The Labute approximate surface area is 101 Å². The molecule has 6 heteroatoms. The third-order valence-electron chi connectivity index (χ3n) is 2.14. The average Bonchev–Trinajstić information content (AvgIpc) is 2.78. The van der Waals surface area contributed by atoms with Crippen molar-refractivity contribution < 1.29 is 9.59 Å². The van der Waals surface area contributed by atoms with E-state index in [2.05, 4.69) is 10.3 Å². The second-order valence-corrected chi connectivity index (χ2v) is 4.31. The molecule has 1 rings (SSSR count). The number of imidazole rings is 1. The lowest BCUT2D eigenvalue weighted by Crippen LogP contribution is -2.40. The number of amides is 2. The van der Waals surface area contributed by atoms with Crippen LogP contribution in [0.5, 0.6) is 0 Å². The Bertz CT molecular complexity index is 373. The molecule has 1 aromatic heterocycles. The predicted molar refractivity (Wildman–Crippen MR) is 63.5 cm³/mol. The van der Waals surface area contributed by atoms with Crippen molar-refractivity contribution in [2.45, 2.75) is 13.8 Å². The molecule has 0 bridgehead atoms. The van der Waals surface area contributed by atoms with Gasteiger partial charge in [-0.3, -0.25) is 9.36 Å². The highest BCUT2D eigenvalue weighted by Gasteiger charge is 2.13. The molecule has 17 heavy (non-hydrogen) atoms. The molecule has 0 aliphatic rings. The molecular weight excluding hydrogens is 220 g/mol. The zero-order valence-corrected chi connectivity index (χ0v) is 10.4. The van der Waals surface area contributed by atoms with Gasteiger partial charge in [0.25, 0.3) is 0 Å². The summed E-state index contributed by atoms with van der Waals surface area (Å²) in [6, 6.07) is -0.276. The smallest absolute Gasteiger partial charge is 0.329 e. The largest absolute Gasteiger partial charge is 0.354 e. The molecular formula is C11H18N4O2. The van der Waals surface area contributed by atoms with Crippen molar-refractivity contribution in [3.8, 4) is 0 Å². The molecule has 0 saturated carbocycles. The highest BCUT2D eigenvalue weighted by atomic mass is 16.2. The Morgan fingerprint density at radius 3 is 2.71 bits per heavy atom. The summed E-state index contributed by atoms with van der Waals surface area (Å²) in [5.41, 5.74) is 0. The number of likely N-dealkylation sites (N-methyl/N-ethyl adjacent to an activating group) is 1. The van der Waals surface area contributed by atoms with E-state index in [4.69, 9.17) is 0 Å². The third-order valence-corrected chi connectivity index (χ3v) is 2.14. The summed E-state index contributed by atoms with van der Waals surface area (Å²) in [7, 11) is 1.58. The SMILES string of the molecule is CC(C)CNC(=O)CN(C)C(=O)n1ccnc1. The average molecular weight is 238 g/mol. The van der Waals surface area contributed by atoms with Gasteiger partial charge in [-0.15, -0.1) is 0 Å². The summed E-state index contributed by atoms with van der Waals surface area (Å²) in [5.74, 6) is 0.239. The maximum absolute atomic E-state index is 11.7. The maximum atomic E-state index is 11.7. The fourth-order valence-corrected chi connectivity index (χ4v) is 1.23. The van der Waals surface area contributed by atoms with Crippen LogP contribution in [0.3, 0.4) is 0 Å². The number of rotatable bonds is 4. The number of carbonyl (C=O) groups excluding carboxylic acids is 2. The van der Waals surface area contributed by atoms with Gasteiger partial charge in [-0.1, -0.05) is 13.8 Å². The number of carbonyl (C=O) groups is 2. The predicted octanol–water partition coefficient (Wildman–Crippen LogP) is 0.555. The maximum Gasteiger partial charge on any atom is 0.329 e. The van der Waals surface area contributed by atoms with Gasteiger partial charge in [-0.05, 0) is 5.92 Å². The molecule has 1 heterocycles. The number of aromatic nitrogens is 2. The van der Waals surface area contributed by atoms with Crippen LogP contribution in [0.4, 0.5) is 4.79 Å². The Morgan fingerprint density at radius 1 is 1.47 bits per heavy atom. The first-order valence-electron chi connectivity index (χ1n) is 5.51. The number of hydrogen-bond donors (Lipinski definition) is 1. The Kier molecular flexibility index (Phi) is 4.68. The van der Waals surface area contributed by atoms with Crippen LogP contribution >= 0.6 is 0 Å². The Morgan fingerprint density at radius 2 is 2.18 bits per heavy atom. The molecule has 0 saturated heterocycles. The minimum atomic E-state index is -0.276. The van der Waals surface area contributed by atoms with Crippen LogP contribution in [0.2, 0.25) is 0 Å². The first-order chi connectivity index (χ1) is 8.00. The van der Waals surface area contributed by atoms with E-state index in [1.54, 1.807) is 13.2 Å². The van der Waals surface area contributed by atoms with Gasteiger partial charge in [0.2, 0.25) is 5.91 Å². The molecule has 0 radical (unpaired) electrons. The lowest BCUT2D eigenvalue weighted by molar-refractivity contribution is -0.121. The van der Waals surface area contributed by atoms with E-state index >= 15 is 0 Å². The molecule has 6 nitrogen and oxygen atoms in total. The quantitative estimate of drug-likeness (QED) is 0.833. The molecule has 0 fully saturated rings. The van der Waals surface area contributed by atoms with Crippen molar-refractivity contribution >= 4 is 11.9 Å². The molecule has 0 spiro atoms. The standard InChI is InChI=1S/C11H18N4O2/c1-9(2)6-13-10(16)7-14(3)11(17)15-5-4-12-8-15/h4-5,8-9H,6-7H2,1-3H3,(H,13,16). The molecule has 1 aromatic rings. The van der Waals surface area contributed by atoms with E-state index in [0.29, 0.717) is 12.5 Å². The van der Waals surface area contributed by atoms with E-state index in [1.165, 1.54) is 22.0 Å². The Balaban J connectivity index is 2.41. The lowest BCUT2D eigenvalue weighted by Gasteiger charge is -2.17. The van der Waals surface area contributed by atoms with E-state index < -0.39 is 0 Å². The molecule has 0 aliphatic heterocycles. The number of nitrogens with zero attached hydrogens (tertiary/aromatic N) is 3. The summed E-state index contributed by atoms with van der Waals surface area (Å²) in [6.45, 7) is 4.69. The van der Waals surface area contributed by atoms with Gasteiger partial charge in [-0.2, -0.15) is 0 Å². The molecule has 94 valence electrons. The van der Waals surface area contributed by atoms with Crippen molar-refractivity contribution in [2.75, 3.05) is 20.1 Å². The van der Waals surface area contributed by atoms with Crippen molar-refractivity contribution in [1.29, 1.82) is 0 Å². The van der Waals surface area contributed by atoms with Crippen molar-refractivity contribution in [3.05, 3.63) is 18.7 Å². The first-order valence-corrected chi connectivity index (χ1v) is 5.51. The monoisotopic (exact) mass is 238 g/mol. The minimum absolute atomic E-state index is 0.0454. The van der Waals surface area contributed by atoms with Gasteiger partial charge in [0.15, 0.2) is 0 Å². The third kappa shape index (κ3) is 4.26. The number of hydrogen-bond acceptors (Lipinski definition) is 3. The number of nitrogens with one attached hydrogen (secondary N) is 1. The van der Waals surface area contributed by atoms with Crippen LogP contribution < -0.4 is 5.32 Å². The van der Waals surface area contributed by atoms with Crippen LogP contribution in [-0.2, 0) is 4.79 Å². The van der Waals surface area contributed by atoms with Gasteiger partial charge in [0.1, 0.15) is 12.9 Å². The lowest BCUT2D eigenvalue weighted by atomic mass is 10.2. The normalized spacial score (nSPS) is 10.4. The molecule has 0 aliphatic carbocycles. The van der Waals surface area contributed by atoms with E-state index in [0.717, 1.165) is 0 Å². The minimum Gasteiger partial charge on any atom is -0.354 e. The van der Waals surface area contributed by atoms with Crippen molar-refractivity contribution in [2.24, 2.45) is 5.92 Å². The summed E-state index contributed by atoms with van der Waals surface area (Å²) < 4.78 is 1.33. The van der Waals surface area contributed by atoms with Crippen LogP contribution in [0.15, 0.2) is 18.7 Å².